The minimum atomic E-state index is -0.975. The largest absolute Gasteiger partial charge is 0.365 e. The van der Waals surface area contributed by atoms with Gasteiger partial charge in [-0.15, -0.1) is 11.3 Å². The van der Waals surface area contributed by atoms with Crippen LogP contribution in [-0.4, -0.2) is 40.7 Å². The molecule has 8 nitrogen and oxygen atoms in total. The van der Waals surface area contributed by atoms with Crippen molar-refractivity contribution in [3.05, 3.63) is 40.8 Å². The van der Waals surface area contributed by atoms with Gasteiger partial charge >= 0.3 is 6.03 Å². The van der Waals surface area contributed by atoms with Crippen molar-refractivity contribution in [2.24, 2.45) is 17.1 Å². The van der Waals surface area contributed by atoms with Gasteiger partial charge in [0.15, 0.2) is 0 Å². The lowest BCUT2D eigenvalue weighted by molar-refractivity contribution is -0.136. The molecule has 0 bridgehead atoms. The Hall–Kier alpha value is -3.20. The zero-order chi connectivity index (χ0) is 24.8. The van der Waals surface area contributed by atoms with Crippen molar-refractivity contribution in [3.63, 3.8) is 0 Å². The molecule has 2 heterocycles. The molecule has 34 heavy (non-hydrogen) atoms. The maximum atomic E-state index is 13.3. The lowest BCUT2D eigenvalue weighted by Gasteiger charge is -2.43. The van der Waals surface area contributed by atoms with Gasteiger partial charge in [-0.1, -0.05) is 51.1 Å². The van der Waals surface area contributed by atoms with Gasteiger partial charge < -0.3 is 16.4 Å². The van der Waals surface area contributed by atoms with E-state index >= 15 is 0 Å². The summed E-state index contributed by atoms with van der Waals surface area (Å²) in [5.41, 5.74) is 6.30. The summed E-state index contributed by atoms with van der Waals surface area (Å²) in [7, 11) is 0. The highest BCUT2D eigenvalue weighted by molar-refractivity contribution is 7.17. The van der Waals surface area contributed by atoms with Gasteiger partial charge in [0.1, 0.15) is 17.1 Å². The third-order valence-electron chi connectivity index (χ3n) is 6.57. The number of carbonyl (C=O) groups is 4. The van der Waals surface area contributed by atoms with Crippen LogP contribution in [0.1, 0.15) is 55.3 Å². The summed E-state index contributed by atoms with van der Waals surface area (Å²) in [6.07, 6.45) is 2.05. The number of imide groups is 1. The van der Waals surface area contributed by atoms with Crippen LogP contribution in [0.2, 0.25) is 0 Å². The third-order valence-corrected chi connectivity index (χ3v) is 7.59. The number of aryl methyl sites for hydroxylation is 1. The van der Waals surface area contributed by atoms with E-state index in [4.69, 9.17) is 5.73 Å². The molecule has 2 atom stereocenters. The van der Waals surface area contributed by atoms with E-state index in [-0.39, 0.29) is 22.8 Å². The van der Waals surface area contributed by atoms with E-state index in [0.29, 0.717) is 23.4 Å². The summed E-state index contributed by atoms with van der Waals surface area (Å²) in [6, 6.07) is 8.76. The van der Waals surface area contributed by atoms with E-state index in [1.54, 1.807) is 0 Å². The van der Waals surface area contributed by atoms with E-state index < -0.39 is 29.9 Å². The molecule has 1 aromatic carbocycles. The molecule has 2 aliphatic rings. The smallest absolute Gasteiger partial charge is 0.325 e. The van der Waals surface area contributed by atoms with E-state index in [0.717, 1.165) is 21.8 Å². The molecular weight excluding hydrogens is 452 g/mol. The molecule has 9 heteroatoms. The van der Waals surface area contributed by atoms with Gasteiger partial charge in [0.25, 0.3) is 11.8 Å². The van der Waals surface area contributed by atoms with E-state index in [1.807, 2.05) is 37.3 Å². The van der Waals surface area contributed by atoms with Gasteiger partial charge in [0.2, 0.25) is 5.91 Å². The zero-order valence-electron chi connectivity index (χ0n) is 19.9. The van der Waals surface area contributed by atoms with Gasteiger partial charge in [0, 0.05) is 10.4 Å². The molecule has 1 saturated carbocycles. The van der Waals surface area contributed by atoms with Gasteiger partial charge in [-0.25, -0.2) is 4.79 Å². The predicted molar refractivity (Wildman–Crippen MR) is 131 cm³/mol. The Kier molecular flexibility index (Phi) is 6.01. The van der Waals surface area contributed by atoms with Crippen LogP contribution in [-0.2, 0) is 9.59 Å². The second kappa shape index (κ2) is 8.54. The second-order valence-electron chi connectivity index (χ2n) is 10.3. The van der Waals surface area contributed by atoms with Crippen LogP contribution in [0.25, 0.3) is 11.1 Å². The molecular formula is C25H30N4O4S. The number of nitrogens with two attached hydrogens (primary N) is 1. The number of thiophene rings is 1. The molecule has 1 aromatic heterocycles. The monoisotopic (exact) mass is 482 g/mol. The number of hydrogen-bond acceptors (Lipinski definition) is 5. The first-order valence-corrected chi connectivity index (χ1v) is 12.2. The lowest BCUT2D eigenvalue weighted by Crippen LogP contribution is -2.54. The number of carbonyl (C=O) groups excluding carboxylic acids is 4. The third kappa shape index (κ3) is 4.32. The molecule has 4 N–H and O–H groups in total. The summed E-state index contributed by atoms with van der Waals surface area (Å²) in [5, 5.41) is 5.90. The number of benzene rings is 1. The van der Waals surface area contributed by atoms with Crippen molar-refractivity contribution in [2.75, 3.05) is 11.9 Å². The fraction of sp³-hybridized carbons (Fsp3) is 0.440. The number of nitrogens with one attached hydrogen (secondary N) is 2. The summed E-state index contributed by atoms with van der Waals surface area (Å²) >= 11 is 1.24. The topological polar surface area (TPSA) is 122 Å². The number of rotatable bonds is 5. The Labute approximate surface area is 202 Å². The number of primary amides is 1. The summed E-state index contributed by atoms with van der Waals surface area (Å²) in [6.45, 7) is 7.67. The Morgan fingerprint density at radius 1 is 1.21 bits per heavy atom. The highest BCUT2D eigenvalue weighted by Gasteiger charge is 2.56. The van der Waals surface area contributed by atoms with Crippen molar-refractivity contribution in [2.45, 2.75) is 52.5 Å². The van der Waals surface area contributed by atoms with E-state index in [1.165, 1.54) is 11.3 Å². The van der Waals surface area contributed by atoms with Crippen LogP contribution < -0.4 is 16.4 Å². The van der Waals surface area contributed by atoms with Crippen LogP contribution in [0.4, 0.5) is 9.80 Å². The highest BCUT2D eigenvalue weighted by Crippen LogP contribution is 2.46. The highest BCUT2D eigenvalue weighted by atomic mass is 32.1. The first-order chi connectivity index (χ1) is 15.9. The van der Waals surface area contributed by atoms with Crippen LogP contribution in [0.3, 0.4) is 0 Å². The van der Waals surface area contributed by atoms with Gasteiger partial charge in [0.05, 0.1) is 5.56 Å². The molecule has 5 amide bonds. The van der Waals surface area contributed by atoms with Crippen molar-refractivity contribution < 1.29 is 19.2 Å². The summed E-state index contributed by atoms with van der Waals surface area (Å²) in [5.74, 6) is -1.32. The summed E-state index contributed by atoms with van der Waals surface area (Å²) in [4.78, 5) is 53.1. The van der Waals surface area contributed by atoms with Crippen molar-refractivity contribution in [1.82, 2.24) is 10.2 Å². The quantitative estimate of drug-likeness (QED) is 0.560. The van der Waals surface area contributed by atoms with Gasteiger partial charge in [-0.2, -0.15) is 0 Å². The number of hydrogen-bond donors (Lipinski definition) is 3. The normalized spacial score (nSPS) is 23.8. The fourth-order valence-corrected chi connectivity index (χ4v) is 6.88. The standard InChI is InChI=1S/C25H30N4O4S/c1-14-10-24(3,4)13-25(11-14)22(32)29(23(33)28-25)12-17(30)27-21-19(20(26)31)18(15(2)34-21)16-8-6-5-7-9-16/h5-9,14H,10-13H2,1-4H3,(H2,26,31)(H,27,30)(H,28,33). The maximum absolute atomic E-state index is 13.3. The second-order valence-corrected chi connectivity index (χ2v) is 11.5. The number of amides is 5. The molecule has 1 spiro atoms. The number of nitrogens with zero attached hydrogens (tertiary/aromatic N) is 1. The average molecular weight is 483 g/mol. The van der Waals surface area contributed by atoms with Crippen molar-refractivity contribution in [1.29, 1.82) is 0 Å². The first-order valence-electron chi connectivity index (χ1n) is 11.3. The average Bonchev–Trinajstić information content (AvgIpc) is 3.15. The van der Waals surface area contributed by atoms with Gasteiger partial charge in [-0.3, -0.25) is 19.3 Å². The molecule has 2 unspecified atom stereocenters. The Morgan fingerprint density at radius 3 is 2.50 bits per heavy atom. The molecule has 0 radical (unpaired) electrons. The van der Waals surface area contributed by atoms with Crippen molar-refractivity contribution >= 4 is 40.1 Å². The maximum Gasteiger partial charge on any atom is 0.325 e. The lowest BCUT2D eigenvalue weighted by atomic mass is 9.64. The van der Waals surface area contributed by atoms with Crippen LogP contribution in [0.15, 0.2) is 30.3 Å². The van der Waals surface area contributed by atoms with Crippen molar-refractivity contribution in [3.8, 4) is 11.1 Å². The first kappa shape index (κ1) is 23.9. The number of anilines is 1. The zero-order valence-corrected chi connectivity index (χ0v) is 20.7. The molecule has 180 valence electrons. The van der Waals surface area contributed by atoms with Crippen LogP contribution in [0.5, 0.6) is 0 Å². The molecule has 2 aromatic rings. The SMILES string of the molecule is Cc1sc(NC(=O)CN2C(=O)NC3(CC(C)CC(C)(C)C3)C2=O)c(C(N)=O)c1-c1ccccc1. The number of urea groups is 1. The Bertz CT molecular complexity index is 1170. The molecule has 2 fully saturated rings. The fourth-order valence-electron chi connectivity index (χ4n) is 5.78. The summed E-state index contributed by atoms with van der Waals surface area (Å²) < 4.78 is 0. The molecule has 1 aliphatic carbocycles. The van der Waals surface area contributed by atoms with E-state index in [9.17, 15) is 19.2 Å². The predicted octanol–water partition coefficient (Wildman–Crippen LogP) is 3.90. The van der Waals surface area contributed by atoms with Crippen LogP contribution >= 0.6 is 11.3 Å². The van der Waals surface area contributed by atoms with E-state index in [2.05, 4.69) is 31.4 Å². The molecule has 1 saturated heterocycles. The minimum Gasteiger partial charge on any atom is -0.365 e. The minimum absolute atomic E-state index is 0.0996. The Morgan fingerprint density at radius 2 is 1.88 bits per heavy atom. The van der Waals surface area contributed by atoms with Crippen LogP contribution in [0, 0.1) is 18.3 Å². The van der Waals surface area contributed by atoms with Gasteiger partial charge in [-0.05, 0) is 43.1 Å². The molecule has 1 aliphatic heterocycles. The Balaban J connectivity index is 1.55. The molecule has 4 rings (SSSR count).